The van der Waals surface area contributed by atoms with Crippen LogP contribution in [0.25, 0.3) is 0 Å². The van der Waals surface area contributed by atoms with Crippen molar-refractivity contribution in [3.05, 3.63) is 29.8 Å². The van der Waals surface area contributed by atoms with Gasteiger partial charge >= 0.3 is 0 Å². The minimum atomic E-state index is -3.45. The van der Waals surface area contributed by atoms with Gasteiger partial charge in [0.1, 0.15) is 5.75 Å². The molecule has 4 nitrogen and oxygen atoms in total. The molecule has 16 heavy (non-hydrogen) atoms. The van der Waals surface area contributed by atoms with Crippen molar-refractivity contribution in [2.45, 2.75) is 5.38 Å². The number of ether oxygens (including phenoxy) is 1. The van der Waals surface area contributed by atoms with Gasteiger partial charge in [-0.3, -0.25) is 4.18 Å². The van der Waals surface area contributed by atoms with Crippen LogP contribution in [0.2, 0.25) is 0 Å². The van der Waals surface area contributed by atoms with Crippen molar-refractivity contribution in [3.8, 4) is 5.75 Å². The summed E-state index contributed by atoms with van der Waals surface area (Å²) in [6, 6.07) is 7.04. The Morgan fingerprint density at radius 3 is 2.31 bits per heavy atom. The van der Waals surface area contributed by atoms with E-state index in [-0.39, 0.29) is 6.61 Å². The predicted octanol–water partition coefficient (Wildman–Crippen LogP) is 1.95. The molecule has 0 aromatic heterocycles. The Bertz CT molecular complexity index is 427. The van der Waals surface area contributed by atoms with Gasteiger partial charge in [-0.25, -0.2) is 0 Å². The van der Waals surface area contributed by atoms with Crippen LogP contribution in [-0.4, -0.2) is 28.4 Å². The van der Waals surface area contributed by atoms with Gasteiger partial charge in [0.15, 0.2) is 0 Å². The summed E-state index contributed by atoms with van der Waals surface area (Å²) in [6.45, 7) is -0.0767. The highest BCUT2D eigenvalue weighted by Crippen LogP contribution is 2.23. The molecule has 0 fully saturated rings. The fourth-order valence-corrected chi connectivity index (χ4v) is 1.76. The van der Waals surface area contributed by atoms with Crippen LogP contribution in [0.4, 0.5) is 0 Å². The first-order valence-electron chi connectivity index (χ1n) is 4.55. The summed E-state index contributed by atoms with van der Waals surface area (Å²) in [5.74, 6) is 0.719. The molecule has 0 heterocycles. The molecule has 0 aliphatic rings. The molecule has 1 atom stereocenters. The first-order valence-corrected chi connectivity index (χ1v) is 6.80. The van der Waals surface area contributed by atoms with Crippen molar-refractivity contribution in [1.29, 1.82) is 0 Å². The van der Waals surface area contributed by atoms with E-state index in [1.54, 1.807) is 31.4 Å². The molecular formula is C10H13ClO4S. The second-order valence-corrected chi connectivity index (χ2v) is 5.40. The zero-order chi connectivity index (χ0) is 12.2. The Morgan fingerprint density at radius 2 is 1.88 bits per heavy atom. The van der Waals surface area contributed by atoms with Crippen LogP contribution in [0.15, 0.2) is 24.3 Å². The highest BCUT2D eigenvalue weighted by molar-refractivity contribution is 7.85. The van der Waals surface area contributed by atoms with Crippen molar-refractivity contribution in [1.82, 2.24) is 0 Å². The van der Waals surface area contributed by atoms with Crippen LogP contribution >= 0.6 is 11.6 Å². The van der Waals surface area contributed by atoms with E-state index in [0.29, 0.717) is 0 Å². The maximum Gasteiger partial charge on any atom is 0.264 e. The normalized spacial score (nSPS) is 13.4. The van der Waals surface area contributed by atoms with E-state index in [0.717, 1.165) is 17.6 Å². The molecule has 0 radical (unpaired) electrons. The lowest BCUT2D eigenvalue weighted by molar-refractivity contribution is 0.321. The molecule has 6 heteroatoms. The summed E-state index contributed by atoms with van der Waals surface area (Å²) in [7, 11) is -1.88. The lowest BCUT2D eigenvalue weighted by Gasteiger charge is -2.09. The van der Waals surface area contributed by atoms with Crippen molar-refractivity contribution in [2.75, 3.05) is 20.0 Å². The number of alkyl halides is 1. The van der Waals surface area contributed by atoms with Gasteiger partial charge in [0.2, 0.25) is 0 Å². The monoisotopic (exact) mass is 264 g/mol. The Morgan fingerprint density at radius 1 is 1.31 bits per heavy atom. The summed E-state index contributed by atoms with van der Waals surface area (Å²) < 4.78 is 31.1. The third kappa shape index (κ3) is 4.38. The lowest BCUT2D eigenvalue weighted by Crippen LogP contribution is -2.08. The van der Waals surface area contributed by atoms with Crippen molar-refractivity contribution in [3.63, 3.8) is 0 Å². The fraction of sp³-hybridized carbons (Fsp3) is 0.400. The van der Waals surface area contributed by atoms with Crippen LogP contribution in [0.3, 0.4) is 0 Å². The molecule has 1 aromatic rings. The van der Waals surface area contributed by atoms with E-state index in [9.17, 15) is 8.42 Å². The van der Waals surface area contributed by atoms with E-state index in [4.69, 9.17) is 16.3 Å². The van der Waals surface area contributed by atoms with Gasteiger partial charge in [0.25, 0.3) is 10.1 Å². The Balaban J connectivity index is 2.62. The Kier molecular flexibility index (Phi) is 4.58. The van der Waals surface area contributed by atoms with Gasteiger partial charge in [-0.15, -0.1) is 11.6 Å². The number of hydrogen-bond donors (Lipinski definition) is 0. The smallest absolute Gasteiger partial charge is 0.264 e. The van der Waals surface area contributed by atoms with Crippen molar-refractivity contribution >= 4 is 21.7 Å². The second kappa shape index (κ2) is 5.52. The zero-order valence-corrected chi connectivity index (χ0v) is 10.6. The maximum atomic E-state index is 10.8. The minimum absolute atomic E-state index is 0.0767. The summed E-state index contributed by atoms with van der Waals surface area (Å²) >= 11 is 5.98. The van der Waals surface area contributed by atoms with Crippen LogP contribution in [0, 0.1) is 0 Å². The van der Waals surface area contributed by atoms with Gasteiger partial charge in [-0.1, -0.05) is 12.1 Å². The Labute approximate surface area is 100 Å². The lowest BCUT2D eigenvalue weighted by atomic mass is 10.1. The van der Waals surface area contributed by atoms with Gasteiger partial charge in [-0.05, 0) is 17.7 Å². The number of benzene rings is 1. The van der Waals surface area contributed by atoms with E-state index >= 15 is 0 Å². The average Bonchev–Trinajstić information content (AvgIpc) is 2.25. The van der Waals surface area contributed by atoms with Crippen LogP contribution in [0.1, 0.15) is 10.9 Å². The largest absolute Gasteiger partial charge is 0.497 e. The third-order valence-electron chi connectivity index (χ3n) is 1.91. The van der Waals surface area contributed by atoms with E-state index in [1.807, 2.05) is 0 Å². The standard InChI is InChI=1S/C10H13ClO4S/c1-14-9-5-3-8(4-6-9)10(11)7-15-16(2,12)13/h3-6,10H,7H2,1-2H3. The molecule has 0 aliphatic heterocycles. The summed E-state index contributed by atoms with van der Waals surface area (Å²) in [6.07, 6.45) is 0.991. The zero-order valence-electron chi connectivity index (χ0n) is 9.01. The Hall–Kier alpha value is -0.780. The number of halogens is 1. The second-order valence-electron chi connectivity index (χ2n) is 3.23. The number of hydrogen-bond acceptors (Lipinski definition) is 4. The van der Waals surface area contributed by atoms with Gasteiger partial charge < -0.3 is 4.74 Å². The van der Waals surface area contributed by atoms with E-state index in [1.165, 1.54) is 0 Å². The molecule has 0 saturated carbocycles. The molecule has 1 rings (SSSR count). The van der Waals surface area contributed by atoms with Gasteiger partial charge in [0, 0.05) is 0 Å². The maximum absolute atomic E-state index is 10.8. The molecule has 0 spiro atoms. The highest BCUT2D eigenvalue weighted by atomic mass is 35.5. The van der Waals surface area contributed by atoms with Crippen molar-refractivity contribution in [2.24, 2.45) is 0 Å². The molecule has 1 unspecified atom stereocenters. The molecule has 0 bridgehead atoms. The van der Waals surface area contributed by atoms with Crippen LogP contribution in [0.5, 0.6) is 5.75 Å². The molecule has 0 amide bonds. The van der Waals surface area contributed by atoms with E-state index in [2.05, 4.69) is 4.18 Å². The molecular weight excluding hydrogens is 252 g/mol. The van der Waals surface area contributed by atoms with Crippen molar-refractivity contribution < 1.29 is 17.3 Å². The highest BCUT2D eigenvalue weighted by Gasteiger charge is 2.11. The molecule has 0 saturated heterocycles. The number of methoxy groups -OCH3 is 1. The van der Waals surface area contributed by atoms with Gasteiger partial charge in [-0.2, -0.15) is 8.42 Å². The topological polar surface area (TPSA) is 52.6 Å². The molecule has 90 valence electrons. The molecule has 0 aliphatic carbocycles. The van der Waals surface area contributed by atoms with Crippen LogP contribution in [-0.2, 0) is 14.3 Å². The fourth-order valence-electron chi connectivity index (χ4n) is 1.09. The average molecular weight is 265 g/mol. The predicted molar refractivity (Wildman–Crippen MR) is 62.4 cm³/mol. The van der Waals surface area contributed by atoms with E-state index < -0.39 is 15.5 Å². The minimum Gasteiger partial charge on any atom is -0.497 e. The first kappa shape index (κ1) is 13.3. The quantitative estimate of drug-likeness (QED) is 0.603. The molecule has 1 aromatic carbocycles. The first-order chi connectivity index (χ1) is 7.42. The molecule has 0 N–H and O–H groups in total. The third-order valence-corrected chi connectivity index (χ3v) is 2.85. The number of rotatable bonds is 5. The summed E-state index contributed by atoms with van der Waals surface area (Å²) in [5, 5.41) is -0.499. The summed E-state index contributed by atoms with van der Waals surface area (Å²) in [4.78, 5) is 0. The summed E-state index contributed by atoms with van der Waals surface area (Å²) in [5.41, 5.74) is 0.783. The van der Waals surface area contributed by atoms with Crippen LogP contribution < -0.4 is 4.74 Å². The van der Waals surface area contributed by atoms with Gasteiger partial charge in [0.05, 0.1) is 25.3 Å². The SMILES string of the molecule is COc1ccc(C(Cl)COS(C)(=O)=O)cc1.